The Balaban J connectivity index is 1.68. The van der Waals surface area contributed by atoms with Crippen molar-refractivity contribution in [3.8, 4) is 0 Å². The van der Waals surface area contributed by atoms with Crippen molar-refractivity contribution in [2.75, 3.05) is 31.1 Å². The zero-order valence-corrected chi connectivity index (χ0v) is 15.0. The van der Waals surface area contributed by atoms with Crippen LogP contribution in [0.2, 0.25) is 5.02 Å². The van der Waals surface area contributed by atoms with Crippen molar-refractivity contribution < 1.29 is 21.6 Å². The van der Waals surface area contributed by atoms with Gasteiger partial charge in [-0.25, -0.2) is 13.4 Å². The third-order valence-corrected chi connectivity index (χ3v) is 6.25. The molecule has 3 rings (SSSR count). The van der Waals surface area contributed by atoms with Gasteiger partial charge in [0, 0.05) is 37.4 Å². The summed E-state index contributed by atoms with van der Waals surface area (Å²) < 4.78 is 64.4. The van der Waals surface area contributed by atoms with E-state index in [9.17, 15) is 21.6 Å². The fourth-order valence-electron chi connectivity index (χ4n) is 2.65. The Morgan fingerprint density at radius 1 is 0.962 bits per heavy atom. The topological polar surface area (TPSA) is 53.5 Å². The second kappa shape index (κ2) is 7.05. The first-order valence-corrected chi connectivity index (χ1v) is 9.54. The van der Waals surface area contributed by atoms with E-state index in [0.29, 0.717) is 23.9 Å². The van der Waals surface area contributed by atoms with E-state index >= 15 is 0 Å². The van der Waals surface area contributed by atoms with Gasteiger partial charge in [-0.15, -0.1) is 0 Å². The highest BCUT2D eigenvalue weighted by Gasteiger charge is 2.32. The molecule has 0 bridgehead atoms. The van der Waals surface area contributed by atoms with Gasteiger partial charge in [0.2, 0.25) is 10.0 Å². The van der Waals surface area contributed by atoms with Gasteiger partial charge in [0.15, 0.2) is 0 Å². The van der Waals surface area contributed by atoms with Gasteiger partial charge in [0.25, 0.3) is 0 Å². The fraction of sp³-hybridized carbons (Fsp3) is 0.312. The standard InChI is InChI=1S/C16H15ClF3N3O2S/c17-13-2-4-14(5-3-13)26(24,25)23-9-7-22(8-10-23)15-6-1-12(11-21-15)16(18,19)20/h1-6,11H,7-10H2. The Labute approximate surface area is 154 Å². The van der Waals surface area contributed by atoms with Crippen LogP contribution in [-0.2, 0) is 16.2 Å². The molecule has 140 valence electrons. The molecule has 2 heterocycles. The third kappa shape index (κ3) is 3.94. The molecule has 0 radical (unpaired) electrons. The first-order valence-electron chi connectivity index (χ1n) is 7.72. The maximum atomic E-state index is 12.6. The monoisotopic (exact) mass is 405 g/mol. The van der Waals surface area contributed by atoms with E-state index in [1.54, 1.807) is 4.90 Å². The Bertz CT molecular complexity index is 863. The molecule has 0 amide bonds. The average Bonchev–Trinajstić information content (AvgIpc) is 2.62. The van der Waals surface area contributed by atoms with Gasteiger partial charge in [0.1, 0.15) is 5.82 Å². The van der Waals surface area contributed by atoms with Crippen LogP contribution in [0.15, 0.2) is 47.5 Å². The van der Waals surface area contributed by atoms with Gasteiger partial charge in [-0.2, -0.15) is 17.5 Å². The zero-order chi connectivity index (χ0) is 18.9. The van der Waals surface area contributed by atoms with Crippen LogP contribution in [0.1, 0.15) is 5.56 Å². The largest absolute Gasteiger partial charge is 0.417 e. The van der Waals surface area contributed by atoms with Crippen LogP contribution < -0.4 is 4.90 Å². The molecule has 26 heavy (non-hydrogen) atoms. The molecular formula is C16H15ClF3N3O2S. The van der Waals surface area contributed by atoms with E-state index < -0.39 is 21.8 Å². The molecule has 1 aliphatic heterocycles. The maximum absolute atomic E-state index is 12.6. The highest BCUT2D eigenvalue weighted by atomic mass is 35.5. The van der Waals surface area contributed by atoms with Gasteiger partial charge in [0.05, 0.1) is 10.5 Å². The summed E-state index contributed by atoms with van der Waals surface area (Å²) in [5.41, 5.74) is -0.815. The lowest BCUT2D eigenvalue weighted by Crippen LogP contribution is -2.48. The maximum Gasteiger partial charge on any atom is 0.417 e. The van der Waals surface area contributed by atoms with Crippen molar-refractivity contribution in [3.63, 3.8) is 0 Å². The quantitative estimate of drug-likeness (QED) is 0.786. The van der Waals surface area contributed by atoms with E-state index in [-0.39, 0.29) is 18.0 Å². The number of pyridine rings is 1. The number of aromatic nitrogens is 1. The summed E-state index contributed by atoms with van der Waals surface area (Å²) in [4.78, 5) is 5.76. The molecule has 0 N–H and O–H groups in total. The number of nitrogens with zero attached hydrogens (tertiary/aromatic N) is 3. The SMILES string of the molecule is O=S(=O)(c1ccc(Cl)cc1)N1CCN(c2ccc(C(F)(F)F)cn2)CC1. The van der Waals surface area contributed by atoms with Crippen LogP contribution in [0.4, 0.5) is 19.0 Å². The molecular weight excluding hydrogens is 391 g/mol. The highest BCUT2D eigenvalue weighted by Crippen LogP contribution is 2.29. The Morgan fingerprint density at radius 2 is 1.58 bits per heavy atom. The summed E-state index contributed by atoms with van der Waals surface area (Å²) in [5, 5.41) is 0.446. The molecule has 1 aliphatic rings. The molecule has 10 heteroatoms. The van der Waals surface area contributed by atoms with Crippen LogP contribution in [0.3, 0.4) is 0 Å². The van der Waals surface area contributed by atoms with Gasteiger partial charge in [-0.1, -0.05) is 11.6 Å². The van der Waals surface area contributed by atoms with Crippen molar-refractivity contribution >= 4 is 27.4 Å². The number of rotatable bonds is 3. The molecule has 2 aromatic rings. The van der Waals surface area contributed by atoms with Gasteiger partial charge in [-0.05, 0) is 36.4 Å². The molecule has 0 saturated carbocycles. The molecule has 1 aromatic heterocycles. The van der Waals surface area contributed by atoms with Crippen LogP contribution in [0, 0.1) is 0 Å². The van der Waals surface area contributed by atoms with E-state index in [4.69, 9.17) is 11.6 Å². The number of piperazine rings is 1. The molecule has 5 nitrogen and oxygen atoms in total. The lowest BCUT2D eigenvalue weighted by Gasteiger charge is -2.34. The normalized spacial score (nSPS) is 16.7. The first-order chi connectivity index (χ1) is 12.2. The second-order valence-corrected chi connectivity index (χ2v) is 8.12. The van der Waals surface area contributed by atoms with E-state index in [1.165, 1.54) is 34.6 Å². The number of alkyl halides is 3. The van der Waals surface area contributed by atoms with Gasteiger partial charge in [-0.3, -0.25) is 0 Å². The van der Waals surface area contributed by atoms with Crippen LogP contribution >= 0.6 is 11.6 Å². The van der Waals surface area contributed by atoms with Crippen LogP contribution in [-0.4, -0.2) is 43.9 Å². The summed E-state index contributed by atoms with van der Waals surface area (Å²) >= 11 is 5.78. The molecule has 1 saturated heterocycles. The minimum atomic E-state index is -4.43. The zero-order valence-electron chi connectivity index (χ0n) is 13.4. The number of benzene rings is 1. The van der Waals surface area contributed by atoms with Crippen molar-refractivity contribution in [1.29, 1.82) is 0 Å². The molecule has 0 unspecified atom stereocenters. The molecule has 1 fully saturated rings. The number of hydrogen-bond acceptors (Lipinski definition) is 4. The van der Waals surface area contributed by atoms with Gasteiger partial charge >= 0.3 is 6.18 Å². The lowest BCUT2D eigenvalue weighted by atomic mass is 10.2. The number of hydrogen-bond donors (Lipinski definition) is 0. The predicted octanol–water partition coefficient (Wildman–Crippen LogP) is 3.26. The molecule has 0 aliphatic carbocycles. The first kappa shape index (κ1) is 18.9. The van der Waals surface area contributed by atoms with Crippen molar-refractivity contribution in [2.45, 2.75) is 11.1 Å². The summed E-state index contributed by atoms with van der Waals surface area (Å²) in [5.74, 6) is 0.390. The Kier molecular flexibility index (Phi) is 5.14. The van der Waals surface area contributed by atoms with Crippen LogP contribution in [0.5, 0.6) is 0 Å². The Hall–Kier alpha value is -1.84. The molecule has 0 spiro atoms. The highest BCUT2D eigenvalue weighted by molar-refractivity contribution is 7.89. The third-order valence-electron chi connectivity index (χ3n) is 4.09. The summed E-state index contributed by atoms with van der Waals surface area (Å²) in [6.07, 6.45) is -3.65. The van der Waals surface area contributed by atoms with Crippen LogP contribution in [0.25, 0.3) is 0 Å². The van der Waals surface area contributed by atoms with Crippen molar-refractivity contribution in [3.05, 3.63) is 53.2 Å². The average molecular weight is 406 g/mol. The van der Waals surface area contributed by atoms with Gasteiger partial charge < -0.3 is 4.90 Å². The minimum Gasteiger partial charge on any atom is -0.354 e. The van der Waals surface area contributed by atoms with Crippen molar-refractivity contribution in [1.82, 2.24) is 9.29 Å². The number of anilines is 1. The number of halogens is 4. The predicted molar refractivity (Wildman–Crippen MR) is 91.7 cm³/mol. The smallest absolute Gasteiger partial charge is 0.354 e. The second-order valence-electron chi connectivity index (χ2n) is 5.75. The summed E-state index contributed by atoms with van der Waals surface area (Å²) in [6, 6.07) is 8.18. The van der Waals surface area contributed by atoms with E-state index in [1.807, 2.05) is 0 Å². The molecule has 0 atom stereocenters. The lowest BCUT2D eigenvalue weighted by molar-refractivity contribution is -0.137. The van der Waals surface area contributed by atoms with E-state index in [0.717, 1.165) is 12.3 Å². The summed E-state index contributed by atoms with van der Waals surface area (Å²) in [6.45, 7) is 1.11. The summed E-state index contributed by atoms with van der Waals surface area (Å²) in [7, 11) is -3.63. The number of sulfonamides is 1. The fourth-order valence-corrected chi connectivity index (χ4v) is 4.20. The van der Waals surface area contributed by atoms with Crippen molar-refractivity contribution in [2.24, 2.45) is 0 Å². The molecule has 1 aromatic carbocycles. The van der Waals surface area contributed by atoms with E-state index in [2.05, 4.69) is 4.98 Å². The Morgan fingerprint density at radius 3 is 2.08 bits per heavy atom. The minimum absolute atomic E-state index is 0.156.